The molecule has 1 heterocycles. The summed E-state index contributed by atoms with van der Waals surface area (Å²) in [5.41, 5.74) is -3.03. The van der Waals surface area contributed by atoms with Gasteiger partial charge in [0.1, 0.15) is 5.54 Å². The maximum Gasteiger partial charge on any atom is 0.473 e. The summed E-state index contributed by atoms with van der Waals surface area (Å²) in [7, 11) is 0. The van der Waals surface area contributed by atoms with E-state index in [0.29, 0.717) is 6.42 Å². The summed E-state index contributed by atoms with van der Waals surface area (Å²) in [6.07, 6.45) is -4.22. The Morgan fingerprint density at radius 2 is 1.75 bits per heavy atom. The van der Waals surface area contributed by atoms with Crippen LogP contribution >= 0.6 is 0 Å². The minimum atomic E-state index is -4.61. The van der Waals surface area contributed by atoms with Crippen LogP contribution in [0.2, 0.25) is 0 Å². The molecule has 2 nitrogen and oxygen atoms in total. The molecule has 0 spiro atoms. The van der Waals surface area contributed by atoms with Crippen molar-refractivity contribution in [2.45, 2.75) is 43.1 Å². The third-order valence-corrected chi connectivity index (χ3v) is 4.97. The Morgan fingerprint density at radius 1 is 1.20 bits per heavy atom. The molecule has 2 aliphatic rings. The number of piperidine rings is 1. The quantitative estimate of drug-likeness (QED) is 0.655. The molecule has 0 unspecified atom stereocenters. The van der Waals surface area contributed by atoms with E-state index < -0.39 is 28.8 Å². The Balaban J connectivity index is 0.00000147. The zero-order valence-corrected chi connectivity index (χ0v) is 12.0. The van der Waals surface area contributed by atoms with Gasteiger partial charge in [0.15, 0.2) is 0 Å². The van der Waals surface area contributed by atoms with Crippen LogP contribution in [0.25, 0.3) is 0 Å². The number of hydrogen-bond donors (Lipinski definition) is 2. The van der Waals surface area contributed by atoms with Crippen LogP contribution in [0.5, 0.6) is 0 Å². The smallest absolute Gasteiger partial charge is 0.473 e. The van der Waals surface area contributed by atoms with E-state index in [1.54, 1.807) is 13.8 Å². The van der Waals surface area contributed by atoms with Crippen LogP contribution < -0.4 is 17.7 Å². The van der Waals surface area contributed by atoms with E-state index in [9.17, 15) is 18.3 Å². The zero-order chi connectivity index (χ0) is 14.1. The first-order valence-corrected chi connectivity index (χ1v) is 6.37. The molecule has 0 amide bonds. The first-order valence-electron chi connectivity index (χ1n) is 6.37. The zero-order valence-electron chi connectivity index (χ0n) is 11.2. The molecule has 1 aromatic carbocycles. The second kappa shape index (κ2) is 4.12. The Bertz CT molecular complexity index is 519. The highest BCUT2D eigenvalue weighted by atomic mass is 35.5. The fourth-order valence-electron chi connectivity index (χ4n) is 3.99. The van der Waals surface area contributed by atoms with Crippen molar-refractivity contribution >= 4 is 0 Å². The van der Waals surface area contributed by atoms with E-state index in [1.165, 1.54) is 0 Å². The van der Waals surface area contributed by atoms with E-state index in [0.717, 1.165) is 10.9 Å². The molecule has 3 N–H and O–H groups in total. The Kier molecular flexibility index (Phi) is 3.21. The Labute approximate surface area is 121 Å². The molecule has 20 heavy (non-hydrogen) atoms. The van der Waals surface area contributed by atoms with Crippen LogP contribution in [0.3, 0.4) is 0 Å². The summed E-state index contributed by atoms with van der Waals surface area (Å²) in [5, 5.41) is 11.2. The maximum atomic E-state index is 13.2. The number of aliphatic hydroxyl groups is 1. The van der Waals surface area contributed by atoms with Gasteiger partial charge in [-0.2, -0.15) is 13.2 Å². The average Bonchev–Trinajstić information content (AvgIpc) is 3.01. The minimum Gasteiger partial charge on any atom is -1.00 e. The van der Waals surface area contributed by atoms with E-state index in [2.05, 4.69) is 0 Å². The third-order valence-electron chi connectivity index (χ3n) is 4.97. The monoisotopic (exact) mass is 307 g/mol. The number of alkyl halides is 3. The Hall–Kier alpha value is -0.780. The molecule has 0 radical (unpaired) electrons. The molecule has 0 aromatic heterocycles. The lowest BCUT2D eigenvalue weighted by atomic mass is 9.79. The van der Waals surface area contributed by atoms with Gasteiger partial charge in [0.2, 0.25) is 0 Å². The highest BCUT2D eigenvalue weighted by molar-refractivity contribution is 5.41. The van der Waals surface area contributed by atoms with Crippen molar-refractivity contribution in [3.63, 3.8) is 0 Å². The number of hydrogen-bond acceptors (Lipinski definition) is 1. The first kappa shape index (κ1) is 15.6. The predicted octanol–water partition coefficient (Wildman–Crippen LogP) is -1.45. The molecule has 3 rings (SSSR count). The van der Waals surface area contributed by atoms with Gasteiger partial charge in [-0.15, -0.1) is 0 Å². The van der Waals surface area contributed by atoms with Crippen molar-refractivity contribution in [3.05, 3.63) is 35.9 Å². The number of rotatable bonds is 1. The minimum absolute atomic E-state index is 0. The number of benzene rings is 1. The molecule has 1 aliphatic carbocycles. The summed E-state index contributed by atoms with van der Waals surface area (Å²) in [4.78, 5) is 0. The molecule has 0 bridgehead atoms. The topological polar surface area (TPSA) is 36.8 Å². The highest BCUT2D eigenvalue weighted by Crippen LogP contribution is 2.67. The van der Waals surface area contributed by atoms with Crippen LogP contribution in [0.4, 0.5) is 13.2 Å². The van der Waals surface area contributed by atoms with Gasteiger partial charge in [0.05, 0.1) is 11.3 Å². The lowest BCUT2D eigenvalue weighted by Crippen LogP contribution is -3.06. The van der Waals surface area contributed by atoms with Gasteiger partial charge in [-0.3, -0.25) is 0 Å². The highest BCUT2D eigenvalue weighted by Gasteiger charge is 2.87. The lowest BCUT2D eigenvalue weighted by Gasteiger charge is -2.32. The fraction of sp³-hybridized carbons (Fsp3) is 0.571. The molecule has 1 aromatic rings. The van der Waals surface area contributed by atoms with E-state index in [-0.39, 0.29) is 12.4 Å². The molecule has 1 aliphatic heterocycles. The second-order valence-corrected chi connectivity index (χ2v) is 6.28. The van der Waals surface area contributed by atoms with Crippen molar-refractivity contribution in [1.82, 2.24) is 0 Å². The second-order valence-electron chi connectivity index (χ2n) is 6.28. The van der Waals surface area contributed by atoms with E-state index in [1.807, 2.05) is 30.3 Å². The number of halogens is 4. The average molecular weight is 308 g/mol. The van der Waals surface area contributed by atoms with Crippen molar-refractivity contribution in [1.29, 1.82) is 0 Å². The van der Waals surface area contributed by atoms with Crippen LogP contribution in [-0.2, 0) is 5.41 Å². The van der Waals surface area contributed by atoms with Gasteiger partial charge in [-0.25, -0.2) is 0 Å². The van der Waals surface area contributed by atoms with Crippen molar-refractivity contribution in [2.75, 3.05) is 0 Å². The van der Waals surface area contributed by atoms with Crippen molar-refractivity contribution in [2.24, 2.45) is 5.92 Å². The standard InChI is InChI=1S/C14H16F3NO.ClH/c1-11(2)12(9-6-4-3-5-7-9)8-10(12)13(19,18-11)14(15,16)17;/h3-7,10,18-19H,8H2,1-2H3;1H/t10-,12-,13-;/m1./s1. The van der Waals surface area contributed by atoms with Crippen molar-refractivity contribution < 1.29 is 36.0 Å². The number of fused-ring (bicyclic) bond motifs is 1. The van der Waals surface area contributed by atoms with Crippen LogP contribution in [0.1, 0.15) is 25.8 Å². The molecule has 1 saturated carbocycles. The Morgan fingerprint density at radius 3 is 2.15 bits per heavy atom. The van der Waals surface area contributed by atoms with Gasteiger partial charge >= 0.3 is 11.9 Å². The summed E-state index contributed by atoms with van der Waals surface area (Å²) in [6, 6.07) is 9.23. The van der Waals surface area contributed by atoms with Gasteiger partial charge in [0, 0.05) is 0 Å². The van der Waals surface area contributed by atoms with E-state index >= 15 is 0 Å². The number of nitrogens with two attached hydrogens (primary N) is 1. The van der Waals surface area contributed by atoms with E-state index in [4.69, 9.17) is 0 Å². The summed E-state index contributed by atoms with van der Waals surface area (Å²) < 4.78 is 39.5. The molecule has 1 saturated heterocycles. The van der Waals surface area contributed by atoms with Gasteiger partial charge in [-0.05, 0) is 25.8 Å². The van der Waals surface area contributed by atoms with Crippen LogP contribution in [0.15, 0.2) is 30.3 Å². The molecule has 3 atom stereocenters. The van der Waals surface area contributed by atoms with Crippen LogP contribution in [-0.4, -0.2) is 22.5 Å². The molecular formula is C14H17ClF3NO. The van der Waals surface area contributed by atoms with Gasteiger partial charge in [-0.1, -0.05) is 30.3 Å². The SMILES string of the molecule is CC1(C)[NH2+][C@](O)(C(F)(F)F)[C@@H]2C[C@@]21c1ccccc1.[Cl-]. The fourth-order valence-corrected chi connectivity index (χ4v) is 3.99. The van der Waals surface area contributed by atoms with Gasteiger partial charge in [0.25, 0.3) is 0 Å². The first-order chi connectivity index (χ1) is 8.65. The molecular weight excluding hydrogens is 291 g/mol. The molecule has 2 fully saturated rings. The largest absolute Gasteiger partial charge is 1.00 e. The summed E-state index contributed by atoms with van der Waals surface area (Å²) in [5.74, 6) is -0.766. The van der Waals surface area contributed by atoms with Crippen molar-refractivity contribution in [3.8, 4) is 0 Å². The maximum absolute atomic E-state index is 13.2. The normalized spacial score (nSPS) is 38.0. The third kappa shape index (κ3) is 1.66. The summed E-state index contributed by atoms with van der Waals surface area (Å²) >= 11 is 0. The lowest BCUT2D eigenvalue weighted by molar-refractivity contribution is -0.830. The molecule has 6 heteroatoms. The molecule has 112 valence electrons. The van der Waals surface area contributed by atoms with Gasteiger partial charge < -0.3 is 22.8 Å². The predicted molar refractivity (Wildman–Crippen MR) is 63.2 cm³/mol. The summed E-state index contributed by atoms with van der Waals surface area (Å²) in [6.45, 7) is 3.56. The van der Waals surface area contributed by atoms with Crippen LogP contribution in [0, 0.1) is 5.92 Å². The number of quaternary nitrogens is 1.